The van der Waals surface area contributed by atoms with Crippen molar-refractivity contribution in [3.05, 3.63) is 35.4 Å². The van der Waals surface area contributed by atoms with E-state index in [-0.39, 0.29) is 0 Å². The molecule has 1 aromatic carbocycles. The lowest BCUT2D eigenvalue weighted by Gasteiger charge is -2.36. The molecule has 1 fully saturated rings. The maximum atomic E-state index is 3.71. The zero-order chi connectivity index (χ0) is 13.0. The summed E-state index contributed by atoms with van der Waals surface area (Å²) in [7, 11) is 0. The minimum absolute atomic E-state index is 0.626. The molecule has 1 aromatic rings. The molecule has 1 aliphatic heterocycles. The van der Waals surface area contributed by atoms with Gasteiger partial charge in [-0.3, -0.25) is 4.90 Å². The monoisotopic (exact) mass is 309 g/mol. The van der Waals surface area contributed by atoms with Crippen molar-refractivity contribution in [3.8, 4) is 0 Å². The van der Waals surface area contributed by atoms with Crippen LogP contribution in [0.15, 0.2) is 24.3 Å². The maximum absolute atomic E-state index is 3.71. The van der Waals surface area contributed by atoms with Crippen LogP contribution in [-0.4, -0.2) is 22.3 Å². The first-order valence-electron chi connectivity index (χ1n) is 7.09. The number of benzene rings is 1. The molecule has 0 saturated carbocycles. The van der Waals surface area contributed by atoms with E-state index < -0.39 is 0 Å². The number of hydrogen-bond donors (Lipinski definition) is 0. The van der Waals surface area contributed by atoms with E-state index in [0.717, 1.165) is 12.6 Å². The van der Waals surface area contributed by atoms with Crippen molar-refractivity contribution in [2.45, 2.75) is 56.9 Å². The Balaban J connectivity index is 1.98. The summed E-state index contributed by atoms with van der Waals surface area (Å²) in [5, 5.41) is 0. The summed E-state index contributed by atoms with van der Waals surface area (Å²) < 4.78 is 0. The first-order chi connectivity index (χ1) is 8.65. The molecular formula is C16H24BrN. The van der Waals surface area contributed by atoms with Crippen LogP contribution in [0.2, 0.25) is 0 Å². The van der Waals surface area contributed by atoms with E-state index in [4.69, 9.17) is 0 Å². The Bertz CT molecular complexity index is 358. The van der Waals surface area contributed by atoms with E-state index in [1.807, 2.05) is 0 Å². The Morgan fingerprint density at radius 2 is 2.00 bits per heavy atom. The van der Waals surface area contributed by atoms with Gasteiger partial charge in [-0.1, -0.05) is 59.1 Å². The van der Waals surface area contributed by atoms with E-state index in [1.165, 1.54) is 43.4 Å². The number of aryl methyl sites for hydroxylation is 1. The van der Waals surface area contributed by atoms with Crippen LogP contribution in [0, 0.1) is 6.92 Å². The van der Waals surface area contributed by atoms with Gasteiger partial charge in [-0.25, -0.2) is 0 Å². The number of hydrogen-bond acceptors (Lipinski definition) is 1. The molecule has 2 atom stereocenters. The molecule has 1 saturated heterocycles. The number of rotatable bonds is 4. The van der Waals surface area contributed by atoms with Crippen molar-refractivity contribution in [3.63, 3.8) is 0 Å². The summed E-state index contributed by atoms with van der Waals surface area (Å²) in [6.07, 6.45) is 5.39. The maximum Gasteiger partial charge on any atom is 0.0236 e. The molecule has 1 nitrogen and oxygen atoms in total. The molecule has 0 radical (unpaired) electrons. The molecule has 2 rings (SSSR count). The van der Waals surface area contributed by atoms with Gasteiger partial charge in [0.1, 0.15) is 0 Å². The second kappa shape index (κ2) is 6.72. The topological polar surface area (TPSA) is 3.24 Å². The molecule has 0 aliphatic carbocycles. The number of alkyl halides is 1. The summed E-state index contributed by atoms with van der Waals surface area (Å²) in [5.41, 5.74) is 2.80. The molecule has 2 unspecified atom stereocenters. The minimum atomic E-state index is 0.626. The molecule has 0 N–H and O–H groups in total. The van der Waals surface area contributed by atoms with E-state index in [2.05, 4.69) is 58.9 Å². The molecule has 100 valence electrons. The van der Waals surface area contributed by atoms with Gasteiger partial charge in [0.15, 0.2) is 0 Å². The lowest BCUT2D eigenvalue weighted by atomic mass is 9.97. The van der Waals surface area contributed by atoms with Crippen molar-refractivity contribution in [2.24, 2.45) is 0 Å². The van der Waals surface area contributed by atoms with E-state index in [0.29, 0.717) is 4.83 Å². The summed E-state index contributed by atoms with van der Waals surface area (Å²) in [5.74, 6) is 0. The number of likely N-dealkylation sites (tertiary alicyclic amines) is 1. The van der Waals surface area contributed by atoms with Crippen molar-refractivity contribution in [2.75, 3.05) is 6.54 Å². The first kappa shape index (κ1) is 14.1. The van der Waals surface area contributed by atoms with Crippen molar-refractivity contribution in [1.82, 2.24) is 4.90 Å². The van der Waals surface area contributed by atoms with Gasteiger partial charge < -0.3 is 0 Å². The molecule has 0 bridgehead atoms. The molecule has 0 spiro atoms. The summed E-state index contributed by atoms with van der Waals surface area (Å²) in [6.45, 7) is 6.79. The average Bonchev–Trinajstić information content (AvgIpc) is 2.34. The minimum Gasteiger partial charge on any atom is -0.296 e. The highest BCUT2D eigenvalue weighted by molar-refractivity contribution is 9.09. The van der Waals surface area contributed by atoms with Crippen LogP contribution in [0.4, 0.5) is 0 Å². The van der Waals surface area contributed by atoms with E-state index >= 15 is 0 Å². The molecule has 1 aliphatic rings. The van der Waals surface area contributed by atoms with Gasteiger partial charge in [-0.15, -0.1) is 0 Å². The summed E-state index contributed by atoms with van der Waals surface area (Å²) >= 11 is 3.71. The van der Waals surface area contributed by atoms with Crippen LogP contribution >= 0.6 is 15.9 Å². The SMILES string of the molecule is Cc1ccc(CN2CCCCC2CC(C)Br)cc1. The fourth-order valence-electron chi connectivity index (χ4n) is 2.84. The quantitative estimate of drug-likeness (QED) is 0.739. The standard InChI is InChI=1S/C16H24BrN/c1-13-6-8-15(9-7-13)12-18-10-4-3-5-16(18)11-14(2)17/h6-9,14,16H,3-5,10-12H2,1-2H3. The predicted molar refractivity (Wildman–Crippen MR) is 82.2 cm³/mol. The Kier molecular flexibility index (Phi) is 5.25. The fourth-order valence-corrected chi connectivity index (χ4v) is 3.27. The fraction of sp³-hybridized carbons (Fsp3) is 0.625. The predicted octanol–water partition coefficient (Wildman–Crippen LogP) is 4.52. The van der Waals surface area contributed by atoms with Gasteiger partial charge in [-0.2, -0.15) is 0 Å². The lowest BCUT2D eigenvalue weighted by Crippen LogP contribution is -2.40. The van der Waals surface area contributed by atoms with Crippen LogP contribution in [0.3, 0.4) is 0 Å². The summed E-state index contributed by atoms with van der Waals surface area (Å²) in [4.78, 5) is 3.30. The van der Waals surface area contributed by atoms with Crippen molar-refractivity contribution < 1.29 is 0 Å². The Hall–Kier alpha value is -0.340. The normalized spacial score (nSPS) is 22.9. The van der Waals surface area contributed by atoms with Crippen LogP contribution in [-0.2, 0) is 6.54 Å². The van der Waals surface area contributed by atoms with Crippen LogP contribution in [0.5, 0.6) is 0 Å². The van der Waals surface area contributed by atoms with Crippen LogP contribution in [0.1, 0.15) is 43.7 Å². The van der Waals surface area contributed by atoms with Gasteiger partial charge in [0.05, 0.1) is 0 Å². The number of nitrogens with zero attached hydrogens (tertiary/aromatic N) is 1. The highest BCUT2D eigenvalue weighted by atomic mass is 79.9. The smallest absolute Gasteiger partial charge is 0.0236 e. The van der Waals surface area contributed by atoms with Gasteiger partial charge in [-0.05, 0) is 38.3 Å². The average molecular weight is 310 g/mol. The van der Waals surface area contributed by atoms with Gasteiger partial charge in [0, 0.05) is 17.4 Å². The molecule has 18 heavy (non-hydrogen) atoms. The Labute approximate surface area is 120 Å². The van der Waals surface area contributed by atoms with Crippen LogP contribution < -0.4 is 0 Å². The van der Waals surface area contributed by atoms with Crippen molar-refractivity contribution in [1.29, 1.82) is 0 Å². The number of piperidine rings is 1. The lowest BCUT2D eigenvalue weighted by molar-refractivity contribution is 0.133. The first-order valence-corrected chi connectivity index (χ1v) is 8.00. The highest BCUT2D eigenvalue weighted by Crippen LogP contribution is 2.24. The zero-order valence-corrected chi connectivity index (χ0v) is 13.1. The molecule has 0 amide bonds. The van der Waals surface area contributed by atoms with Gasteiger partial charge in [0.2, 0.25) is 0 Å². The third-order valence-corrected chi connectivity index (χ3v) is 4.23. The Morgan fingerprint density at radius 1 is 1.28 bits per heavy atom. The third kappa shape index (κ3) is 4.10. The largest absolute Gasteiger partial charge is 0.296 e. The number of halogens is 1. The van der Waals surface area contributed by atoms with E-state index in [1.54, 1.807) is 0 Å². The zero-order valence-electron chi connectivity index (χ0n) is 11.5. The van der Waals surface area contributed by atoms with Crippen LogP contribution in [0.25, 0.3) is 0 Å². The molecule has 0 aromatic heterocycles. The molecular weight excluding hydrogens is 286 g/mol. The molecule has 2 heteroatoms. The van der Waals surface area contributed by atoms with E-state index in [9.17, 15) is 0 Å². The molecule has 1 heterocycles. The van der Waals surface area contributed by atoms with Gasteiger partial charge >= 0.3 is 0 Å². The van der Waals surface area contributed by atoms with Crippen molar-refractivity contribution >= 4 is 15.9 Å². The third-order valence-electron chi connectivity index (χ3n) is 3.85. The highest BCUT2D eigenvalue weighted by Gasteiger charge is 2.23. The second-order valence-electron chi connectivity index (χ2n) is 5.62. The second-order valence-corrected chi connectivity index (χ2v) is 7.19. The Morgan fingerprint density at radius 3 is 2.67 bits per heavy atom. The van der Waals surface area contributed by atoms with Gasteiger partial charge in [0.25, 0.3) is 0 Å². The summed E-state index contributed by atoms with van der Waals surface area (Å²) in [6, 6.07) is 9.76.